The zero-order chi connectivity index (χ0) is 14.5. The Labute approximate surface area is 123 Å². The molecule has 1 fully saturated rings. The van der Waals surface area contributed by atoms with Gasteiger partial charge in [0, 0.05) is 13.0 Å². The average molecular weight is 294 g/mol. The number of cyclic esters (lactones) is 1. The average Bonchev–Trinajstić information content (AvgIpc) is 2.75. The lowest BCUT2D eigenvalue weighted by Crippen LogP contribution is -2.43. The SMILES string of the molecule is COc1ccc(CNC(=S)N[C@H]2C[C@@H](C)OC2=O)cc1. The molecule has 0 radical (unpaired) electrons. The summed E-state index contributed by atoms with van der Waals surface area (Å²) in [6.45, 7) is 2.46. The van der Waals surface area contributed by atoms with Gasteiger partial charge in [-0.25, -0.2) is 4.79 Å². The van der Waals surface area contributed by atoms with Gasteiger partial charge in [-0.3, -0.25) is 0 Å². The van der Waals surface area contributed by atoms with Crippen molar-refractivity contribution >= 4 is 23.3 Å². The van der Waals surface area contributed by atoms with E-state index in [0.717, 1.165) is 11.3 Å². The Bertz CT molecular complexity index is 490. The molecule has 2 rings (SSSR count). The van der Waals surface area contributed by atoms with Gasteiger partial charge in [0.05, 0.1) is 7.11 Å². The molecule has 1 aromatic rings. The molecular weight excluding hydrogens is 276 g/mol. The van der Waals surface area contributed by atoms with E-state index in [-0.39, 0.29) is 18.1 Å². The summed E-state index contributed by atoms with van der Waals surface area (Å²) in [4.78, 5) is 11.5. The molecule has 0 amide bonds. The van der Waals surface area contributed by atoms with Gasteiger partial charge in [-0.05, 0) is 36.8 Å². The zero-order valence-corrected chi connectivity index (χ0v) is 12.3. The van der Waals surface area contributed by atoms with Crippen molar-refractivity contribution in [2.75, 3.05) is 7.11 Å². The summed E-state index contributed by atoms with van der Waals surface area (Å²) >= 11 is 5.18. The van der Waals surface area contributed by atoms with E-state index in [1.807, 2.05) is 31.2 Å². The van der Waals surface area contributed by atoms with Crippen molar-refractivity contribution < 1.29 is 14.3 Å². The van der Waals surface area contributed by atoms with Crippen LogP contribution >= 0.6 is 12.2 Å². The molecule has 108 valence electrons. The standard InChI is InChI=1S/C14H18N2O3S/c1-9-7-12(13(17)19-9)16-14(20)15-8-10-3-5-11(18-2)6-4-10/h3-6,9,12H,7-8H2,1-2H3,(H2,15,16,20)/t9-,12+/m1/s1. The van der Waals surface area contributed by atoms with Crippen LogP contribution in [0.3, 0.4) is 0 Å². The largest absolute Gasteiger partial charge is 0.497 e. The van der Waals surface area contributed by atoms with Crippen molar-refractivity contribution in [3.63, 3.8) is 0 Å². The van der Waals surface area contributed by atoms with Crippen LogP contribution in [0.25, 0.3) is 0 Å². The lowest BCUT2D eigenvalue weighted by atomic mass is 10.2. The highest BCUT2D eigenvalue weighted by atomic mass is 32.1. The van der Waals surface area contributed by atoms with Crippen LogP contribution in [0.15, 0.2) is 24.3 Å². The van der Waals surface area contributed by atoms with E-state index in [9.17, 15) is 4.79 Å². The first-order valence-electron chi connectivity index (χ1n) is 6.46. The van der Waals surface area contributed by atoms with Crippen LogP contribution < -0.4 is 15.4 Å². The van der Waals surface area contributed by atoms with E-state index in [4.69, 9.17) is 21.7 Å². The maximum atomic E-state index is 11.5. The smallest absolute Gasteiger partial charge is 0.329 e. The lowest BCUT2D eigenvalue weighted by Gasteiger charge is -2.13. The predicted octanol–water partition coefficient (Wildman–Crippen LogP) is 1.36. The molecule has 0 aromatic heterocycles. The molecule has 2 N–H and O–H groups in total. The topological polar surface area (TPSA) is 59.6 Å². The van der Waals surface area contributed by atoms with Crippen molar-refractivity contribution in [3.05, 3.63) is 29.8 Å². The van der Waals surface area contributed by atoms with Crippen LogP contribution in [0, 0.1) is 0 Å². The van der Waals surface area contributed by atoms with Crippen LogP contribution in [0.1, 0.15) is 18.9 Å². The van der Waals surface area contributed by atoms with Crippen LogP contribution in [0.2, 0.25) is 0 Å². The summed E-state index contributed by atoms with van der Waals surface area (Å²) in [5, 5.41) is 6.50. The minimum Gasteiger partial charge on any atom is -0.497 e. The quantitative estimate of drug-likeness (QED) is 0.646. The fourth-order valence-electron chi connectivity index (χ4n) is 2.01. The van der Waals surface area contributed by atoms with Gasteiger partial charge in [0.1, 0.15) is 17.9 Å². The second kappa shape index (κ2) is 6.56. The predicted molar refractivity (Wildman–Crippen MR) is 79.5 cm³/mol. The molecule has 0 spiro atoms. The van der Waals surface area contributed by atoms with Crippen LogP contribution in [-0.2, 0) is 16.1 Å². The summed E-state index contributed by atoms with van der Waals surface area (Å²) in [7, 11) is 1.63. The maximum Gasteiger partial charge on any atom is 0.329 e. The van der Waals surface area contributed by atoms with E-state index in [0.29, 0.717) is 18.1 Å². The van der Waals surface area contributed by atoms with Crippen molar-refractivity contribution in [3.8, 4) is 5.75 Å². The van der Waals surface area contributed by atoms with Gasteiger partial charge in [0.2, 0.25) is 0 Å². The number of carbonyl (C=O) groups is 1. The molecule has 0 saturated carbocycles. The number of hydrogen-bond donors (Lipinski definition) is 2. The molecule has 0 aliphatic carbocycles. The fraction of sp³-hybridized carbons (Fsp3) is 0.429. The number of carbonyl (C=O) groups excluding carboxylic acids is 1. The van der Waals surface area contributed by atoms with Crippen LogP contribution in [-0.4, -0.2) is 30.3 Å². The number of ether oxygens (including phenoxy) is 2. The van der Waals surface area contributed by atoms with Gasteiger partial charge in [0.25, 0.3) is 0 Å². The summed E-state index contributed by atoms with van der Waals surface area (Å²) in [5.41, 5.74) is 1.08. The molecule has 1 aliphatic heterocycles. The van der Waals surface area contributed by atoms with Gasteiger partial charge in [-0.2, -0.15) is 0 Å². The molecule has 1 heterocycles. The van der Waals surface area contributed by atoms with E-state index < -0.39 is 0 Å². The first-order valence-corrected chi connectivity index (χ1v) is 6.87. The zero-order valence-electron chi connectivity index (χ0n) is 11.5. The van der Waals surface area contributed by atoms with Gasteiger partial charge < -0.3 is 20.1 Å². The normalized spacial score (nSPS) is 21.2. The molecule has 1 saturated heterocycles. The summed E-state index contributed by atoms with van der Waals surface area (Å²) in [6, 6.07) is 7.36. The van der Waals surface area contributed by atoms with Gasteiger partial charge in [-0.15, -0.1) is 0 Å². The van der Waals surface area contributed by atoms with Crippen LogP contribution in [0.4, 0.5) is 0 Å². The molecule has 0 unspecified atom stereocenters. The Morgan fingerprint density at radius 1 is 1.45 bits per heavy atom. The third-order valence-corrected chi connectivity index (χ3v) is 3.35. The Hall–Kier alpha value is -1.82. The number of benzene rings is 1. The number of esters is 1. The summed E-state index contributed by atoms with van der Waals surface area (Å²) in [5.74, 6) is 0.572. The molecule has 1 aliphatic rings. The van der Waals surface area contributed by atoms with Gasteiger partial charge >= 0.3 is 5.97 Å². The fourth-order valence-corrected chi connectivity index (χ4v) is 2.22. The molecule has 2 atom stereocenters. The van der Waals surface area contributed by atoms with Crippen molar-refractivity contribution in [2.24, 2.45) is 0 Å². The Kier molecular flexibility index (Phi) is 4.79. The van der Waals surface area contributed by atoms with Crippen molar-refractivity contribution in [1.29, 1.82) is 0 Å². The first kappa shape index (κ1) is 14.6. The van der Waals surface area contributed by atoms with Gasteiger partial charge in [0.15, 0.2) is 5.11 Å². The van der Waals surface area contributed by atoms with E-state index in [2.05, 4.69) is 10.6 Å². The third kappa shape index (κ3) is 3.84. The molecule has 1 aromatic carbocycles. The highest BCUT2D eigenvalue weighted by Gasteiger charge is 2.32. The molecular formula is C14H18N2O3S. The van der Waals surface area contributed by atoms with Crippen molar-refractivity contribution in [2.45, 2.75) is 32.0 Å². The van der Waals surface area contributed by atoms with Crippen LogP contribution in [0.5, 0.6) is 5.75 Å². The number of methoxy groups -OCH3 is 1. The molecule has 5 nitrogen and oxygen atoms in total. The Balaban J connectivity index is 1.78. The number of nitrogens with one attached hydrogen (secondary N) is 2. The van der Waals surface area contributed by atoms with Gasteiger partial charge in [-0.1, -0.05) is 12.1 Å². The Morgan fingerprint density at radius 3 is 2.70 bits per heavy atom. The highest BCUT2D eigenvalue weighted by Crippen LogP contribution is 2.14. The summed E-state index contributed by atoms with van der Waals surface area (Å²) < 4.78 is 10.2. The monoisotopic (exact) mass is 294 g/mol. The number of rotatable bonds is 4. The maximum absolute atomic E-state index is 11.5. The highest BCUT2D eigenvalue weighted by molar-refractivity contribution is 7.80. The van der Waals surface area contributed by atoms with E-state index >= 15 is 0 Å². The molecule has 6 heteroatoms. The minimum atomic E-state index is -0.346. The van der Waals surface area contributed by atoms with E-state index in [1.165, 1.54) is 0 Å². The third-order valence-electron chi connectivity index (χ3n) is 3.09. The first-order chi connectivity index (χ1) is 9.58. The van der Waals surface area contributed by atoms with Crippen molar-refractivity contribution in [1.82, 2.24) is 10.6 Å². The minimum absolute atomic E-state index is 0.0515. The lowest BCUT2D eigenvalue weighted by molar-refractivity contribution is -0.142. The number of thiocarbonyl (C=S) groups is 1. The Morgan fingerprint density at radius 2 is 2.15 bits per heavy atom. The second-order valence-corrected chi connectivity index (χ2v) is 5.12. The summed E-state index contributed by atoms with van der Waals surface area (Å²) in [6.07, 6.45) is 0.591. The molecule has 20 heavy (non-hydrogen) atoms. The van der Waals surface area contributed by atoms with E-state index in [1.54, 1.807) is 7.11 Å². The molecule has 0 bridgehead atoms. The second-order valence-electron chi connectivity index (χ2n) is 4.71. The number of hydrogen-bond acceptors (Lipinski definition) is 4.